The van der Waals surface area contributed by atoms with Crippen LogP contribution in [0.4, 0.5) is 0 Å². The number of piperidine rings is 1. The van der Waals surface area contributed by atoms with Gasteiger partial charge in [0.1, 0.15) is 5.75 Å². The number of ether oxygens (including phenoxy) is 1. The second-order valence-corrected chi connectivity index (χ2v) is 5.12. The van der Waals surface area contributed by atoms with Crippen LogP contribution < -0.4 is 4.74 Å². The normalized spacial score (nSPS) is 21.8. The zero-order chi connectivity index (χ0) is 12.3. The van der Waals surface area contributed by atoms with E-state index in [0.717, 1.165) is 5.75 Å². The van der Waals surface area contributed by atoms with Gasteiger partial charge in [-0.15, -0.1) is 0 Å². The Morgan fingerprint density at radius 1 is 1.18 bits per heavy atom. The van der Waals surface area contributed by atoms with Gasteiger partial charge in [-0.1, -0.05) is 18.6 Å². The van der Waals surface area contributed by atoms with Gasteiger partial charge >= 0.3 is 0 Å². The number of hydrogen-bond acceptors (Lipinski definition) is 2. The lowest BCUT2D eigenvalue weighted by molar-refractivity contribution is 0.112. The predicted octanol–water partition coefficient (Wildman–Crippen LogP) is 3.63. The van der Waals surface area contributed by atoms with E-state index in [9.17, 15) is 0 Å². The van der Waals surface area contributed by atoms with E-state index in [1.165, 1.54) is 31.4 Å². The van der Waals surface area contributed by atoms with E-state index in [1.54, 1.807) is 7.11 Å². The maximum absolute atomic E-state index is 5.22. The van der Waals surface area contributed by atoms with Crippen LogP contribution in [0.1, 0.15) is 44.7 Å². The van der Waals surface area contributed by atoms with Crippen LogP contribution in [0.2, 0.25) is 0 Å². The molecule has 0 amide bonds. The number of hydrogen-bond donors (Lipinski definition) is 0. The third kappa shape index (κ3) is 2.81. The molecule has 1 aromatic carbocycles. The fourth-order valence-electron chi connectivity index (χ4n) is 2.76. The monoisotopic (exact) mass is 233 g/mol. The van der Waals surface area contributed by atoms with E-state index >= 15 is 0 Å². The number of methoxy groups -OCH3 is 1. The first-order chi connectivity index (χ1) is 8.22. The highest BCUT2D eigenvalue weighted by Gasteiger charge is 2.25. The minimum Gasteiger partial charge on any atom is -0.497 e. The molecule has 17 heavy (non-hydrogen) atoms. The average molecular weight is 233 g/mol. The van der Waals surface area contributed by atoms with Crippen molar-refractivity contribution in [1.82, 2.24) is 4.90 Å². The molecule has 1 saturated heterocycles. The standard InChI is InChI=1S/C15H23NO/c1-12(2)16-11-5-4-6-15(16)13-7-9-14(17-3)10-8-13/h7-10,12,15H,4-6,11H2,1-3H3. The molecule has 0 spiro atoms. The fourth-order valence-corrected chi connectivity index (χ4v) is 2.76. The Morgan fingerprint density at radius 2 is 1.88 bits per heavy atom. The molecular weight excluding hydrogens is 210 g/mol. The summed E-state index contributed by atoms with van der Waals surface area (Å²) in [6, 6.07) is 9.79. The maximum atomic E-state index is 5.22. The molecule has 1 aromatic rings. The van der Waals surface area contributed by atoms with E-state index in [-0.39, 0.29) is 0 Å². The molecule has 0 N–H and O–H groups in total. The quantitative estimate of drug-likeness (QED) is 0.790. The minimum atomic E-state index is 0.592. The van der Waals surface area contributed by atoms with Gasteiger partial charge in [0.25, 0.3) is 0 Å². The van der Waals surface area contributed by atoms with Gasteiger partial charge in [-0.3, -0.25) is 4.90 Å². The molecule has 1 aliphatic heterocycles. The average Bonchev–Trinajstić information content (AvgIpc) is 2.39. The van der Waals surface area contributed by atoms with E-state index < -0.39 is 0 Å². The van der Waals surface area contributed by atoms with E-state index in [0.29, 0.717) is 12.1 Å². The second-order valence-electron chi connectivity index (χ2n) is 5.12. The van der Waals surface area contributed by atoms with Crippen molar-refractivity contribution in [2.24, 2.45) is 0 Å². The van der Waals surface area contributed by atoms with Crippen molar-refractivity contribution in [3.8, 4) is 5.75 Å². The molecule has 0 bridgehead atoms. The Kier molecular flexibility index (Phi) is 4.06. The van der Waals surface area contributed by atoms with E-state index in [1.807, 2.05) is 0 Å². The number of rotatable bonds is 3. The van der Waals surface area contributed by atoms with Crippen LogP contribution in [-0.2, 0) is 0 Å². The number of benzene rings is 1. The highest BCUT2D eigenvalue weighted by molar-refractivity contribution is 5.29. The summed E-state index contributed by atoms with van der Waals surface area (Å²) < 4.78 is 5.22. The zero-order valence-corrected chi connectivity index (χ0v) is 11.1. The van der Waals surface area contributed by atoms with Crippen LogP contribution in [0, 0.1) is 0 Å². The minimum absolute atomic E-state index is 0.592. The highest BCUT2D eigenvalue weighted by atomic mass is 16.5. The topological polar surface area (TPSA) is 12.5 Å². The molecule has 1 atom stereocenters. The Balaban J connectivity index is 2.17. The smallest absolute Gasteiger partial charge is 0.118 e. The van der Waals surface area contributed by atoms with Gasteiger partial charge in [0.2, 0.25) is 0 Å². The molecule has 1 unspecified atom stereocenters. The van der Waals surface area contributed by atoms with E-state index in [2.05, 4.69) is 43.0 Å². The van der Waals surface area contributed by atoms with Crippen LogP contribution in [0.3, 0.4) is 0 Å². The number of nitrogens with zero attached hydrogens (tertiary/aromatic N) is 1. The molecule has 0 radical (unpaired) electrons. The molecule has 2 nitrogen and oxygen atoms in total. The molecule has 94 valence electrons. The van der Waals surface area contributed by atoms with Crippen LogP contribution in [0.5, 0.6) is 5.75 Å². The summed E-state index contributed by atoms with van der Waals surface area (Å²) in [5.41, 5.74) is 1.43. The summed E-state index contributed by atoms with van der Waals surface area (Å²) in [6.07, 6.45) is 3.97. The van der Waals surface area contributed by atoms with Crippen LogP contribution in [0.15, 0.2) is 24.3 Å². The molecule has 1 aliphatic rings. The summed E-state index contributed by atoms with van der Waals surface area (Å²) in [5, 5.41) is 0. The summed E-state index contributed by atoms with van der Waals surface area (Å²) in [7, 11) is 1.72. The van der Waals surface area contributed by atoms with Crippen molar-refractivity contribution >= 4 is 0 Å². The van der Waals surface area contributed by atoms with Crippen molar-refractivity contribution in [2.45, 2.75) is 45.2 Å². The van der Waals surface area contributed by atoms with E-state index in [4.69, 9.17) is 4.74 Å². The Hall–Kier alpha value is -1.02. The molecule has 0 saturated carbocycles. The molecule has 0 aromatic heterocycles. The van der Waals surface area contributed by atoms with Crippen molar-refractivity contribution in [3.63, 3.8) is 0 Å². The van der Waals surface area contributed by atoms with Crippen molar-refractivity contribution in [1.29, 1.82) is 0 Å². The summed E-state index contributed by atoms with van der Waals surface area (Å²) in [5.74, 6) is 0.945. The highest BCUT2D eigenvalue weighted by Crippen LogP contribution is 2.32. The largest absolute Gasteiger partial charge is 0.497 e. The molecule has 0 aliphatic carbocycles. The first-order valence-corrected chi connectivity index (χ1v) is 6.62. The fraction of sp³-hybridized carbons (Fsp3) is 0.600. The summed E-state index contributed by atoms with van der Waals surface area (Å²) >= 11 is 0. The lowest BCUT2D eigenvalue weighted by atomic mass is 9.94. The van der Waals surface area contributed by atoms with Crippen molar-refractivity contribution < 1.29 is 4.74 Å². The third-order valence-electron chi connectivity index (χ3n) is 3.71. The Morgan fingerprint density at radius 3 is 2.47 bits per heavy atom. The zero-order valence-electron chi connectivity index (χ0n) is 11.1. The van der Waals surface area contributed by atoms with Crippen LogP contribution in [0.25, 0.3) is 0 Å². The van der Waals surface area contributed by atoms with Crippen molar-refractivity contribution in [3.05, 3.63) is 29.8 Å². The lowest BCUT2D eigenvalue weighted by Crippen LogP contribution is -2.38. The first-order valence-electron chi connectivity index (χ1n) is 6.62. The SMILES string of the molecule is COc1ccc(C2CCCCN2C(C)C)cc1. The molecule has 2 heteroatoms. The van der Waals surface area contributed by atoms with Gasteiger partial charge in [-0.25, -0.2) is 0 Å². The van der Waals surface area contributed by atoms with Gasteiger partial charge in [0.15, 0.2) is 0 Å². The van der Waals surface area contributed by atoms with Crippen molar-refractivity contribution in [2.75, 3.05) is 13.7 Å². The molecular formula is C15H23NO. The summed E-state index contributed by atoms with van der Waals surface area (Å²) in [4.78, 5) is 2.62. The molecule has 1 heterocycles. The predicted molar refractivity (Wildman–Crippen MR) is 71.4 cm³/mol. The maximum Gasteiger partial charge on any atom is 0.118 e. The molecule has 2 rings (SSSR count). The van der Waals surface area contributed by atoms with Gasteiger partial charge in [-0.2, -0.15) is 0 Å². The second kappa shape index (κ2) is 5.54. The summed E-state index contributed by atoms with van der Waals surface area (Å²) in [6.45, 7) is 5.82. The van der Waals surface area contributed by atoms with Gasteiger partial charge in [0, 0.05) is 12.1 Å². The van der Waals surface area contributed by atoms with Gasteiger partial charge < -0.3 is 4.74 Å². The number of likely N-dealkylation sites (tertiary alicyclic amines) is 1. The van der Waals surface area contributed by atoms with Gasteiger partial charge in [0.05, 0.1) is 7.11 Å². The van der Waals surface area contributed by atoms with Crippen LogP contribution in [-0.4, -0.2) is 24.6 Å². The lowest BCUT2D eigenvalue weighted by Gasteiger charge is -2.39. The molecule has 1 fully saturated rings. The Bertz CT molecular complexity index is 344. The van der Waals surface area contributed by atoms with Crippen LogP contribution >= 0.6 is 0 Å². The van der Waals surface area contributed by atoms with Gasteiger partial charge in [-0.05, 0) is 50.9 Å². The first kappa shape index (κ1) is 12.4. The Labute approximate surface area is 105 Å². The third-order valence-corrected chi connectivity index (χ3v) is 3.71.